The average molecular weight is 268 g/mol. The Labute approximate surface area is 109 Å². The van der Waals surface area contributed by atoms with Crippen molar-refractivity contribution in [2.24, 2.45) is 5.73 Å². The molecule has 0 saturated carbocycles. The van der Waals surface area contributed by atoms with Gasteiger partial charge in [0.15, 0.2) is 5.13 Å². The second kappa shape index (κ2) is 4.12. The topological polar surface area (TPSA) is 42.1 Å². The first-order valence-electron chi connectivity index (χ1n) is 5.71. The molecule has 1 saturated heterocycles. The molecule has 0 spiro atoms. The van der Waals surface area contributed by atoms with Crippen LogP contribution < -0.4 is 10.6 Å². The zero-order chi connectivity index (χ0) is 12.0. The molecule has 1 unspecified atom stereocenters. The number of fused-ring (bicyclic) bond motifs is 1. The maximum absolute atomic E-state index is 6.20. The predicted molar refractivity (Wildman–Crippen MR) is 74.2 cm³/mol. The van der Waals surface area contributed by atoms with Gasteiger partial charge in [0.05, 0.1) is 15.2 Å². The molecule has 3 nitrogen and oxygen atoms in total. The fourth-order valence-corrected chi connectivity index (χ4v) is 3.54. The molecular weight excluding hydrogens is 254 g/mol. The summed E-state index contributed by atoms with van der Waals surface area (Å²) in [6.07, 6.45) is 1.04. The van der Waals surface area contributed by atoms with E-state index >= 15 is 0 Å². The Morgan fingerprint density at radius 2 is 2.35 bits per heavy atom. The lowest BCUT2D eigenvalue weighted by Gasteiger charge is -2.12. The molecule has 2 aromatic rings. The number of nitrogens with two attached hydrogens (primary N) is 1. The van der Waals surface area contributed by atoms with Crippen molar-refractivity contribution in [1.29, 1.82) is 0 Å². The maximum atomic E-state index is 6.20. The lowest BCUT2D eigenvalue weighted by atomic mass is 10.2. The van der Waals surface area contributed by atoms with E-state index < -0.39 is 0 Å². The highest BCUT2D eigenvalue weighted by Gasteiger charge is 2.22. The molecule has 1 aliphatic heterocycles. The minimum absolute atomic E-state index is 0.276. The summed E-state index contributed by atoms with van der Waals surface area (Å²) in [4.78, 5) is 6.95. The van der Waals surface area contributed by atoms with Gasteiger partial charge in [-0.25, -0.2) is 4.98 Å². The highest BCUT2D eigenvalue weighted by Crippen LogP contribution is 2.36. The van der Waals surface area contributed by atoms with Gasteiger partial charge in [0.25, 0.3) is 0 Å². The van der Waals surface area contributed by atoms with E-state index in [1.807, 2.05) is 12.1 Å². The second-order valence-corrected chi connectivity index (χ2v) is 5.92. The van der Waals surface area contributed by atoms with Crippen LogP contribution in [-0.2, 0) is 0 Å². The maximum Gasteiger partial charge on any atom is 0.186 e. The number of hydrogen-bond donors (Lipinski definition) is 1. The van der Waals surface area contributed by atoms with E-state index in [9.17, 15) is 0 Å². The third-order valence-corrected chi connectivity index (χ3v) is 4.76. The molecule has 3 rings (SSSR count). The van der Waals surface area contributed by atoms with Crippen LogP contribution in [0.25, 0.3) is 10.2 Å². The molecule has 2 heterocycles. The highest BCUT2D eigenvalue weighted by molar-refractivity contribution is 7.22. The number of rotatable bonds is 1. The molecule has 1 fully saturated rings. The molecule has 1 atom stereocenters. The van der Waals surface area contributed by atoms with E-state index in [4.69, 9.17) is 22.3 Å². The Bertz CT molecular complexity index is 527. The van der Waals surface area contributed by atoms with E-state index in [1.165, 1.54) is 5.56 Å². The Morgan fingerprint density at radius 3 is 3.00 bits per heavy atom. The van der Waals surface area contributed by atoms with Crippen LogP contribution in [-0.4, -0.2) is 24.1 Å². The van der Waals surface area contributed by atoms with Crippen molar-refractivity contribution in [2.45, 2.75) is 19.4 Å². The fourth-order valence-electron chi connectivity index (χ4n) is 2.19. The van der Waals surface area contributed by atoms with Crippen molar-refractivity contribution in [3.8, 4) is 0 Å². The van der Waals surface area contributed by atoms with Gasteiger partial charge in [0, 0.05) is 19.1 Å². The number of benzene rings is 1. The molecule has 0 radical (unpaired) electrons. The number of aromatic nitrogens is 1. The van der Waals surface area contributed by atoms with Crippen LogP contribution in [0.2, 0.25) is 5.02 Å². The van der Waals surface area contributed by atoms with Crippen LogP contribution in [0.3, 0.4) is 0 Å². The summed E-state index contributed by atoms with van der Waals surface area (Å²) >= 11 is 7.87. The minimum atomic E-state index is 0.276. The van der Waals surface area contributed by atoms with Crippen molar-refractivity contribution >= 4 is 38.3 Å². The largest absolute Gasteiger partial charge is 0.346 e. The predicted octanol–water partition coefficient (Wildman–Crippen LogP) is 2.80. The van der Waals surface area contributed by atoms with Crippen molar-refractivity contribution in [2.75, 3.05) is 18.0 Å². The lowest BCUT2D eigenvalue weighted by molar-refractivity contribution is 0.752. The first-order valence-corrected chi connectivity index (χ1v) is 6.91. The monoisotopic (exact) mass is 267 g/mol. The summed E-state index contributed by atoms with van der Waals surface area (Å²) in [7, 11) is 0. The smallest absolute Gasteiger partial charge is 0.186 e. The zero-order valence-corrected chi connectivity index (χ0v) is 11.2. The standard InChI is InChI=1S/C12H14ClN3S/c1-7-2-3-9(13)11-10(7)15-12(17-11)16-5-4-8(14)6-16/h2-3,8H,4-6,14H2,1H3. The van der Waals surface area contributed by atoms with Gasteiger partial charge < -0.3 is 10.6 Å². The summed E-state index contributed by atoms with van der Waals surface area (Å²) in [5.74, 6) is 0. The average Bonchev–Trinajstić information content (AvgIpc) is 2.90. The number of aryl methyl sites for hydroxylation is 1. The molecular formula is C12H14ClN3S. The number of hydrogen-bond acceptors (Lipinski definition) is 4. The van der Waals surface area contributed by atoms with E-state index in [0.717, 1.165) is 39.9 Å². The Hall–Kier alpha value is -0.840. The number of halogens is 1. The quantitative estimate of drug-likeness (QED) is 0.864. The molecule has 5 heteroatoms. The Kier molecular flexibility index (Phi) is 2.73. The van der Waals surface area contributed by atoms with Crippen molar-refractivity contribution in [1.82, 2.24) is 4.98 Å². The molecule has 1 aromatic heterocycles. The van der Waals surface area contributed by atoms with Gasteiger partial charge in [-0.3, -0.25) is 0 Å². The van der Waals surface area contributed by atoms with Crippen molar-refractivity contribution < 1.29 is 0 Å². The van der Waals surface area contributed by atoms with Gasteiger partial charge >= 0.3 is 0 Å². The summed E-state index contributed by atoms with van der Waals surface area (Å²) in [6.45, 7) is 3.96. The SMILES string of the molecule is Cc1ccc(Cl)c2sc(N3CCC(N)C3)nc12. The zero-order valence-electron chi connectivity index (χ0n) is 9.61. The van der Waals surface area contributed by atoms with Crippen LogP contribution >= 0.6 is 22.9 Å². The van der Waals surface area contributed by atoms with Crippen LogP contribution in [0.15, 0.2) is 12.1 Å². The third-order valence-electron chi connectivity index (χ3n) is 3.18. The van der Waals surface area contributed by atoms with E-state index in [2.05, 4.69) is 11.8 Å². The van der Waals surface area contributed by atoms with Gasteiger partial charge in [-0.2, -0.15) is 0 Å². The van der Waals surface area contributed by atoms with Gasteiger partial charge in [0.2, 0.25) is 0 Å². The Balaban J connectivity index is 2.07. The number of thiazole rings is 1. The molecule has 1 aliphatic rings. The molecule has 2 N–H and O–H groups in total. The molecule has 90 valence electrons. The van der Waals surface area contributed by atoms with Crippen LogP contribution in [0.5, 0.6) is 0 Å². The van der Waals surface area contributed by atoms with Gasteiger partial charge in [0.1, 0.15) is 0 Å². The van der Waals surface area contributed by atoms with Gasteiger partial charge in [-0.15, -0.1) is 0 Å². The first kappa shape index (κ1) is 11.3. The second-order valence-electron chi connectivity index (χ2n) is 4.53. The summed E-state index contributed by atoms with van der Waals surface area (Å²) in [5, 5.41) is 1.84. The van der Waals surface area contributed by atoms with Crippen LogP contribution in [0.4, 0.5) is 5.13 Å². The van der Waals surface area contributed by atoms with Gasteiger partial charge in [-0.1, -0.05) is 29.0 Å². The lowest BCUT2D eigenvalue weighted by Crippen LogP contribution is -2.26. The molecule has 17 heavy (non-hydrogen) atoms. The number of anilines is 1. The minimum Gasteiger partial charge on any atom is -0.346 e. The molecule has 0 amide bonds. The molecule has 0 bridgehead atoms. The van der Waals surface area contributed by atoms with Crippen molar-refractivity contribution in [3.63, 3.8) is 0 Å². The van der Waals surface area contributed by atoms with Gasteiger partial charge in [-0.05, 0) is 25.0 Å². The number of nitrogens with zero attached hydrogens (tertiary/aromatic N) is 2. The van der Waals surface area contributed by atoms with E-state index in [-0.39, 0.29) is 6.04 Å². The summed E-state index contributed by atoms with van der Waals surface area (Å²) in [5.41, 5.74) is 8.13. The van der Waals surface area contributed by atoms with Crippen LogP contribution in [0, 0.1) is 6.92 Å². The van der Waals surface area contributed by atoms with Crippen LogP contribution in [0.1, 0.15) is 12.0 Å². The molecule has 1 aromatic carbocycles. The van der Waals surface area contributed by atoms with Crippen molar-refractivity contribution in [3.05, 3.63) is 22.7 Å². The normalized spacial score (nSPS) is 20.4. The van der Waals surface area contributed by atoms with E-state index in [1.54, 1.807) is 11.3 Å². The van der Waals surface area contributed by atoms with E-state index in [0.29, 0.717) is 0 Å². The summed E-state index contributed by atoms with van der Waals surface area (Å²) in [6, 6.07) is 4.24. The molecule has 0 aliphatic carbocycles. The third kappa shape index (κ3) is 1.90. The summed E-state index contributed by atoms with van der Waals surface area (Å²) < 4.78 is 1.09. The first-order chi connectivity index (χ1) is 8.15. The highest BCUT2D eigenvalue weighted by atomic mass is 35.5. The Morgan fingerprint density at radius 1 is 1.53 bits per heavy atom. The fraction of sp³-hybridized carbons (Fsp3) is 0.417.